The van der Waals surface area contributed by atoms with Crippen LogP contribution in [0.4, 0.5) is 4.39 Å². The maximum atomic E-state index is 11.8. The van der Waals surface area contributed by atoms with Gasteiger partial charge >= 0.3 is 0 Å². The Kier molecular flexibility index (Phi) is 2.27. The lowest BCUT2D eigenvalue weighted by Crippen LogP contribution is -2.30. The molecule has 0 saturated carbocycles. The number of hydrogen-bond acceptors (Lipinski definition) is 1. The molecule has 0 unspecified atom stereocenters. The molecule has 1 aliphatic heterocycles. The number of nitrogens with one attached hydrogen (secondary N) is 1. The van der Waals surface area contributed by atoms with Crippen LogP contribution >= 0.6 is 0 Å². The minimum Gasteiger partial charge on any atom is -0.316 e. The van der Waals surface area contributed by atoms with Gasteiger partial charge in [-0.1, -0.05) is 0 Å². The fraction of sp³-hybridized carbons (Fsp3) is 1.00. The van der Waals surface area contributed by atoms with Gasteiger partial charge in [0.25, 0.3) is 0 Å². The van der Waals surface area contributed by atoms with Crippen LogP contribution < -0.4 is 5.32 Å². The summed E-state index contributed by atoms with van der Waals surface area (Å²) >= 11 is 0. The van der Waals surface area contributed by atoms with Crippen molar-refractivity contribution >= 4 is 0 Å². The summed E-state index contributed by atoms with van der Waals surface area (Å²) in [5, 5.41) is 3.15. The van der Waals surface area contributed by atoms with Crippen LogP contribution in [0.25, 0.3) is 0 Å². The second-order valence-electron chi connectivity index (χ2n) is 2.37. The highest BCUT2D eigenvalue weighted by atomic mass is 19.1. The van der Waals surface area contributed by atoms with Gasteiger partial charge in [0.15, 0.2) is 0 Å². The van der Waals surface area contributed by atoms with Gasteiger partial charge < -0.3 is 5.32 Å². The highest BCUT2D eigenvalue weighted by molar-refractivity contribution is 4.67. The molecule has 0 aliphatic carbocycles. The molecule has 1 N–H and O–H groups in total. The molecule has 0 amide bonds. The first-order chi connectivity index (χ1) is 3.93. The van der Waals surface area contributed by atoms with Crippen molar-refractivity contribution in [2.75, 3.05) is 19.8 Å². The first kappa shape index (κ1) is 6.02. The van der Waals surface area contributed by atoms with Gasteiger partial charge in [-0.15, -0.1) is 0 Å². The lowest BCUT2D eigenvalue weighted by atomic mass is 10.0. The normalized spacial score (nSPS) is 30.4. The van der Waals surface area contributed by atoms with Crippen LogP contribution in [0.1, 0.15) is 12.8 Å². The van der Waals surface area contributed by atoms with Gasteiger partial charge in [-0.25, -0.2) is 0 Å². The van der Waals surface area contributed by atoms with E-state index in [0.29, 0.717) is 5.92 Å². The van der Waals surface area contributed by atoms with Crippen molar-refractivity contribution in [3.8, 4) is 0 Å². The summed E-state index contributed by atoms with van der Waals surface area (Å²) in [6.45, 7) is 1.82. The van der Waals surface area contributed by atoms with Crippen LogP contribution in [-0.2, 0) is 0 Å². The van der Waals surface area contributed by atoms with Crippen LogP contribution in [-0.4, -0.2) is 19.8 Å². The van der Waals surface area contributed by atoms with Crippen LogP contribution in [0.15, 0.2) is 0 Å². The van der Waals surface area contributed by atoms with Crippen molar-refractivity contribution in [1.82, 2.24) is 5.32 Å². The summed E-state index contributed by atoms with van der Waals surface area (Å²) in [4.78, 5) is 0. The van der Waals surface area contributed by atoms with E-state index in [1.807, 2.05) is 0 Å². The van der Waals surface area contributed by atoms with Gasteiger partial charge in [-0.3, -0.25) is 4.39 Å². The van der Waals surface area contributed by atoms with E-state index in [1.54, 1.807) is 0 Å². The second kappa shape index (κ2) is 3.02. The van der Waals surface area contributed by atoms with Crippen molar-refractivity contribution in [2.45, 2.75) is 12.8 Å². The van der Waals surface area contributed by atoms with Crippen LogP contribution in [0.3, 0.4) is 0 Å². The molecule has 0 spiro atoms. The smallest absolute Gasteiger partial charge is 0.0934 e. The Morgan fingerprint density at radius 3 is 2.88 bits per heavy atom. The number of alkyl halides is 1. The highest BCUT2D eigenvalue weighted by Crippen LogP contribution is 2.08. The van der Waals surface area contributed by atoms with Crippen molar-refractivity contribution in [3.05, 3.63) is 0 Å². The first-order valence-corrected chi connectivity index (χ1v) is 3.20. The zero-order valence-electron chi connectivity index (χ0n) is 4.99. The molecule has 1 atom stereocenters. The Hall–Kier alpha value is -0.110. The summed E-state index contributed by atoms with van der Waals surface area (Å²) in [5.74, 6) is 0.309. The molecule has 0 radical (unpaired) electrons. The second-order valence-corrected chi connectivity index (χ2v) is 2.37. The molecule has 1 fully saturated rings. The fourth-order valence-electron chi connectivity index (χ4n) is 1.06. The van der Waals surface area contributed by atoms with Gasteiger partial charge in [0, 0.05) is 6.54 Å². The SMILES string of the molecule is FC[C@H]1CCCNC1. The monoisotopic (exact) mass is 117 g/mol. The van der Waals surface area contributed by atoms with E-state index in [2.05, 4.69) is 5.32 Å². The summed E-state index contributed by atoms with van der Waals surface area (Å²) < 4.78 is 11.8. The summed E-state index contributed by atoms with van der Waals surface area (Å²) in [7, 11) is 0. The number of halogens is 1. The van der Waals surface area contributed by atoms with Gasteiger partial charge in [0.05, 0.1) is 6.67 Å². The van der Waals surface area contributed by atoms with E-state index in [9.17, 15) is 4.39 Å². The lowest BCUT2D eigenvalue weighted by molar-refractivity contribution is 0.296. The van der Waals surface area contributed by atoms with Gasteiger partial charge in [0.1, 0.15) is 0 Å². The third-order valence-corrected chi connectivity index (χ3v) is 1.62. The molecule has 8 heavy (non-hydrogen) atoms. The molecule has 1 heterocycles. The Balaban J connectivity index is 2.13. The van der Waals surface area contributed by atoms with Crippen LogP contribution in [0.2, 0.25) is 0 Å². The fourth-order valence-corrected chi connectivity index (χ4v) is 1.06. The largest absolute Gasteiger partial charge is 0.316 e. The molecule has 0 aromatic heterocycles. The molecule has 2 heteroatoms. The summed E-state index contributed by atoms with van der Waals surface area (Å²) in [6, 6.07) is 0. The van der Waals surface area contributed by atoms with E-state index in [4.69, 9.17) is 0 Å². The summed E-state index contributed by atoms with van der Waals surface area (Å²) in [5.41, 5.74) is 0. The van der Waals surface area contributed by atoms with Crippen LogP contribution in [0.5, 0.6) is 0 Å². The Morgan fingerprint density at radius 1 is 1.62 bits per heavy atom. The quantitative estimate of drug-likeness (QED) is 0.539. The van der Waals surface area contributed by atoms with Crippen molar-refractivity contribution in [3.63, 3.8) is 0 Å². The molecule has 1 saturated heterocycles. The van der Waals surface area contributed by atoms with Gasteiger partial charge in [0.2, 0.25) is 0 Å². The maximum Gasteiger partial charge on any atom is 0.0934 e. The predicted molar refractivity (Wildman–Crippen MR) is 31.6 cm³/mol. The van der Waals surface area contributed by atoms with Crippen molar-refractivity contribution in [1.29, 1.82) is 0 Å². The molecule has 48 valence electrons. The molecule has 0 bridgehead atoms. The predicted octanol–water partition coefficient (Wildman–Crippen LogP) is 0.956. The van der Waals surface area contributed by atoms with E-state index in [1.165, 1.54) is 0 Å². The van der Waals surface area contributed by atoms with E-state index >= 15 is 0 Å². The molecule has 1 rings (SSSR count). The molecule has 0 aromatic rings. The first-order valence-electron chi connectivity index (χ1n) is 3.20. The van der Waals surface area contributed by atoms with Gasteiger partial charge in [-0.2, -0.15) is 0 Å². The standard InChI is InChI=1S/C6H12FN/c7-4-6-2-1-3-8-5-6/h6,8H,1-5H2/t6-/m1/s1. The maximum absolute atomic E-state index is 11.8. The van der Waals surface area contributed by atoms with E-state index < -0.39 is 0 Å². The number of piperidine rings is 1. The number of rotatable bonds is 1. The Bertz CT molecular complexity index is 59.5. The lowest BCUT2D eigenvalue weighted by Gasteiger charge is -2.18. The van der Waals surface area contributed by atoms with Crippen molar-refractivity contribution < 1.29 is 4.39 Å². The van der Waals surface area contributed by atoms with E-state index in [-0.39, 0.29) is 6.67 Å². The third-order valence-electron chi connectivity index (χ3n) is 1.62. The minimum atomic E-state index is -0.146. The molecular weight excluding hydrogens is 105 g/mol. The van der Waals surface area contributed by atoms with Gasteiger partial charge in [-0.05, 0) is 25.3 Å². The number of hydrogen-bond donors (Lipinski definition) is 1. The van der Waals surface area contributed by atoms with E-state index in [0.717, 1.165) is 25.9 Å². The zero-order chi connectivity index (χ0) is 5.82. The van der Waals surface area contributed by atoms with Crippen LogP contribution in [0, 0.1) is 5.92 Å². The molecule has 1 aliphatic rings. The third kappa shape index (κ3) is 1.44. The molecule has 1 nitrogen and oxygen atoms in total. The highest BCUT2D eigenvalue weighted by Gasteiger charge is 2.10. The topological polar surface area (TPSA) is 12.0 Å². The zero-order valence-corrected chi connectivity index (χ0v) is 4.99. The Morgan fingerprint density at radius 2 is 2.50 bits per heavy atom. The average Bonchev–Trinajstić information content (AvgIpc) is 1.90. The minimum absolute atomic E-state index is 0.146. The molecular formula is C6H12FN. The van der Waals surface area contributed by atoms with Crippen molar-refractivity contribution in [2.24, 2.45) is 5.92 Å². The summed E-state index contributed by atoms with van der Waals surface area (Å²) in [6.07, 6.45) is 2.22. The Labute approximate surface area is 49.3 Å². The average molecular weight is 117 g/mol. The molecule has 0 aromatic carbocycles.